The molecule has 0 saturated heterocycles. The van der Waals surface area contributed by atoms with Gasteiger partial charge in [-0.15, -0.1) is 11.3 Å². The Morgan fingerprint density at radius 3 is 2.09 bits per heavy atom. The maximum Gasteiger partial charge on any atom is 0.161 e. The van der Waals surface area contributed by atoms with Crippen molar-refractivity contribution in [3.8, 4) is 0 Å². The van der Waals surface area contributed by atoms with E-state index in [4.69, 9.17) is 13.8 Å². The molecule has 0 spiro atoms. The summed E-state index contributed by atoms with van der Waals surface area (Å²) in [6.45, 7) is 3.99. The van der Waals surface area contributed by atoms with E-state index in [1.54, 1.807) is 7.05 Å². The number of hydrogen-bond donors (Lipinski definition) is 0. The van der Waals surface area contributed by atoms with Crippen LogP contribution in [0.15, 0.2) is 175 Å². The third-order valence-corrected chi connectivity index (χ3v) is 11.3. The van der Waals surface area contributed by atoms with Gasteiger partial charge in [-0.3, -0.25) is 4.99 Å². The maximum atomic E-state index is 6.61. The van der Waals surface area contributed by atoms with Crippen LogP contribution in [0.4, 0.5) is 0 Å². The molecule has 0 aliphatic carbocycles. The molecule has 6 heteroatoms. The number of furan rings is 2. The van der Waals surface area contributed by atoms with Crippen molar-refractivity contribution in [2.75, 3.05) is 7.05 Å². The minimum absolute atomic E-state index is 0.0711. The lowest BCUT2D eigenvalue weighted by Gasteiger charge is -2.20. The molecular formula is C47H31N3O2S. The van der Waals surface area contributed by atoms with Crippen LogP contribution < -0.4 is 0 Å². The molecule has 3 aromatic heterocycles. The van der Waals surface area contributed by atoms with E-state index >= 15 is 0 Å². The fourth-order valence-corrected chi connectivity index (χ4v) is 8.92. The molecule has 10 rings (SSSR count). The molecule has 0 N–H and O–H groups in total. The van der Waals surface area contributed by atoms with E-state index in [1.807, 2.05) is 65.9 Å². The molecule has 252 valence electrons. The van der Waals surface area contributed by atoms with Crippen molar-refractivity contribution in [3.63, 3.8) is 0 Å². The second-order valence-corrected chi connectivity index (χ2v) is 14.2. The molecule has 0 bridgehead atoms. The number of fused-ring (bicyclic) bond motifs is 9. The Balaban J connectivity index is 1.17. The Bertz CT molecular complexity index is 3110. The normalized spacial score (nSPS) is 13.2. The predicted octanol–water partition coefficient (Wildman–Crippen LogP) is 12.6. The Morgan fingerprint density at radius 1 is 0.547 bits per heavy atom. The van der Waals surface area contributed by atoms with Crippen LogP contribution >= 0.6 is 11.3 Å². The highest BCUT2D eigenvalue weighted by molar-refractivity contribution is 7.25. The number of amidine groups is 2. The number of benzene rings is 7. The summed E-state index contributed by atoms with van der Waals surface area (Å²) in [5.74, 6) is 0.939. The largest absolute Gasteiger partial charge is 0.456 e. The van der Waals surface area contributed by atoms with E-state index in [1.165, 1.54) is 31.3 Å². The van der Waals surface area contributed by atoms with E-state index in [-0.39, 0.29) is 5.92 Å². The van der Waals surface area contributed by atoms with E-state index in [0.29, 0.717) is 11.7 Å². The molecule has 0 saturated carbocycles. The van der Waals surface area contributed by atoms with Gasteiger partial charge in [-0.05, 0) is 78.0 Å². The Labute approximate surface area is 308 Å². The lowest BCUT2D eigenvalue weighted by molar-refractivity contribution is 0.668. The van der Waals surface area contributed by atoms with Crippen LogP contribution in [0.1, 0.15) is 33.7 Å². The van der Waals surface area contributed by atoms with Crippen molar-refractivity contribution in [3.05, 3.63) is 179 Å². The summed E-state index contributed by atoms with van der Waals surface area (Å²) in [6.07, 6.45) is 0. The monoisotopic (exact) mass is 701 g/mol. The molecule has 0 aliphatic rings. The molecule has 0 radical (unpaired) electrons. The van der Waals surface area contributed by atoms with Gasteiger partial charge < -0.3 is 8.83 Å². The van der Waals surface area contributed by atoms with Crippen LogP contribution in [0.2, 0.25) is 0 Å². The van der Waals surface area contributed by atoms with Gasteiger partial charge in [0.2, 0.25) is 0 Å². The van der Waals surface area contributed by atoms with Gasteiger partial charge in [0.1, 0.15) is 22.3 Å². The van der Waals surface area contributed by atoms with E-state index in [9.17, 15) is 0 Å². The van der Waals surface area contributed by atoms with Crippen molar-refractivity contribution in [1.29, 1.82) is 0 Å². The second-order valence-electron chi connectivity index (χ2n) is 13.1. The molecule has 5 nitrogen and oxygen atoms in total. The van der Waals surface area contributed by atoms with Gasteiger partial charge in [-0.1, -0.05) is 97.1 Å². The minimum atomic E-state index is -0.0711. The second kappa shape index (κ2) is 12.5. The minimum Gasteiger partial charge on any atom is -0.456 e. The zero-order valence-electron chi connectivity index (χ0n) is 28.8. The van der Waals surface area contributed by atoms with Crippen LogP contribution in [-0.2, 0) is 0 Å². The quantitative estimate of drug-likeness (QED) is 0.102. The fraction of sp³-hybridized carbons (Fsp3) is 0.0426. The number of para-hydroxylation sites is 1. The van der Waals surface area contributed by atoms with E-state index in [0.717, 1.165) is 60.6 Å². The highest BCUT2D eigenvalue weighted by atomic mass is 32.1. The number of nitrogens with zero attached hydrogens (tertiary/aromatic N) is 3. The van der Waals surface area contributed by atoms with Gasteiger partial charge in [-0.2, -0.15) is 0 Å². The Hall–Kier alpha value is -6.63. The van der Waals surface area contributed by atoms with Gasteiger partial charge >= 0.3 is 0 Å². The molecular weight excluding hydrogens is 671 g/mol. The average Bonchev–Trinajstić information content (AvgIpc) is 3.90. The Kier molecular flexibility index (Phi) is 7.37. The SMILES string of the molecule is C=NC(=NC(=NC)c1ccc2oc3ccccc3c2c1)c1cccc2oc3cccc(C(c4ccccc4)c4ccc5sc6ccccc6c5c4)c3c12. The van der Waals surface area contributed by atoms with Crippen LogP contribution in [0.3, 0.4) is 0 Å². The molecule has 10 aromatic rings. The summed E-state index contributed by atoms with van der Waals surface area (Å²) in [7, 11) is 1.75. The third kappa shape index (κ3) is 5.10. The molecule has 0 fully saturated rings. The van der Waals surface area contributed by atoms with E-state index < -0.39 is 0 Å². The topological polar surface area (TPSA) is 63.4 Å². The first-order valence-electron chi connectivity index (χ1n) is 17.5. The molecule has 3 heterocycles. The third-order valence-electron chi connectivity index (χ3n) is 10.2. The van der Waals surface area contributed by atoms with Crippen molar-refractivity contribution in [2.24, 2.45) is 15.0 Å². The van der Waals surface area contributed by atoms with Gasteiger partial charge in [-0.25, -0.2) is 9.98 Å². The first-order chi connectivity index (χ1) is 26.2. The molecule has 0 aliphatic heterocycles. The Morgan fingerprint density at radius 2 is 1.25 bits per heavy atom. The first kappa shape index (κ1) is 31.1. The number of aliphatic imine (C=N–C) groups is 3. The van der Waals surface area contributed by atoms with Crippen molar-refractivity contribution >= 4 is 93.8 Å². The number of rotatable bonds is 5. The fourth-order valence-electron chi connectivity index (χ4n) is 7.83. The summed E-state index contributed by atoms with van der Waals surface area (Å²) in [5.41, 5.74) is 8.46. The standard InChI is InChI=1S/C47H31N3O2S/c1-48-46(30-22-24-38-35(27-30)31-14-6-8-18-37(31)51-38)50-47(49-2)34-17-11-20-40-45(34)44-33(16-10-19-39(44)52-40)43(28-12-4-3-5-13-28)29-23-25-42-36(26-29)32-15-7-9-21-41(32)53-42/h3-27,43H,2H2,1H3. The number of thiophene rings is 1. The predicted molar refractivity (Wildman–Crippen MR) is 223 cm³/mol. The zero-order chi connectivity index (χ0) is 35.5. The van der Waals surface area contributed by atoms with Crippen LogP contribution in [0, 0.1) is 0 Å². The molecule has 1 unspecified atom stereocenters. The van der Waals surface area contributed by atoms with Crippen molar-refractivity contribution in [2.45, 2.75) is 5.92 Å². The van der Waals surface area contributed by atoms with Gasteiger partial charge in [0.05, 0.1) is 0 Å². The first-order valence-corrected chi connectivity index (χ1v) is 18.3. The van der Waals surface area contributed by atoms with Gasteiger partial charge in [0.25, 0.3) is 0 Å². The van der Waals surface area contributed by atoms with Crippen molar-refractivity contribution in [1.82, 2.24) is 0 Å². The summed E-state index contributed by atoms with van der Waals surface area (Å²) >= 11 is 1.83. The highest BCUT2D eigenvalue weighted by Crippen LogP contribution is 2.44. The summed E-state index contributed by atoms with van der Waals surface area (Å²) in [5, 5.41) is 6.58. The molecule has 1 atom stereocenters. The van der Waals surface area contributed by atoms with Gasteiger partial charge in [0, 0.05) is 65.8 Å². The lowest BCUT2D eigenvalue weighted by atomic mass is 9.82. The van der Waals surface area contributed by atoms with Gasteiger partial charge in [0.15, 0.2) is 11.7 Å². The van der Waals surface area contributed by atoms with Crippen molar-refractivity contribution < 1.29 is 8.83 Å². The average molecular weight is 702 g/mol. The maximum absolute atomic E-state index is 6.61. The summed E-state index contributed by atoms with van der Waals surface area (Å²) in [6, 6.07) is 52.8. The van der Waals surface area contributed by atoms with E-state index in [2.05, 4.69) is 114 Å². The molecule has 7 aromatic carbocycles. The zero-order valence-corrected chi connectivity index (χ0v) is 29.6. The van der Waals surface area contributed by atoms with Crippen LogP contribution in [0.25, 0.3) is 64.0 Å². The smallest absolute Gasteiger partial charge is 0.161 e. The van der Waals surface area contributed by atoms with Crippen LogP contribution in [-0.4, -0.2) is 25.4 Å². The number of hydrogen-bond acceptors (Lipinski definition) is 4. The summed E-state index contributed by atoms with van der Waals surface area (Å²) in [4.78, 5) is 14.2. The molecule has 53 heavy (non-hydrogen) atoms. The highest BCUT2D eigenvalue weighted by Gasteiger charge is 2.25. The molecule has 0 amide bonds. The van der Waals surface area contributed by atoms with Crippen LogP contribution in [0.5, 0.6) is 0 Å². The summed E-state index contributed by atoms with van der Waals surface area (Å²) < 4.78 is 15.3. The lowest BCUT2D eigenvalue weighted by Crippen LogP contribution is -2.06.